The maximum absolute atomic E-state index is 12.1. The first kappa shape index (κ1) is 17.2. The minimum absolute atomic E-state index is 0.207. The fraction of sp³-hybridized carbons (Fsp3) is 0.400. The van der Waals surface area contributed by atoms with E-state index in [4.69, 9.17) is 9.47 Å². The van der Waals surface area contributed by atoms with Gasteiger partial charge in [-0.1, -0.05) is 17.0 Å². The molecule has 0 spiro atoms. The van der Waals surface area contributed by atoms with E-state index in [1.807, 2.05) is 0 Å². The number of fused-ring (bicyclic) bond motifs is 1. The Morgan fingerprint density at radius 3 is 2.72 bits per heavy atom. The van der Waals surface area contributed by atoms with E-state index >= 15 is 0 Å². The van der Waals surface area contributed by atoms with Gasteiger partial charge in [-0.2, -0.15) is 0 Å². The smallest absolute Gasteiger partial charge is 0.443 e. The molecule has 1 aliphatic heterocycles. The quantitative estimate of drug-likeness (QED) is 0.769. The molecule has 1 aliphatic rings. The average molecular weight is 358 g/mol. The Labute approximate surface area is 140 Å². The van der Waals surface area contributed by atoms with Crippen molar-refractivity contribution in [2.75, 3.05) is 13.7 Å². The molecule has 0 saturated heterocycles. The van der Waals surface area contributed by atoms with Crippen molar-refractivity contribution in [2.24, 2.45) is 0 Å². The molecule has 0 N–H and O–H groups in total. The summed E-state index contributed by atoms with van der Waals surface area (Å²) in [6, 6.07) is 5.81. The molecular weight excluding hydrogens is 343 g/mol. The Kier molecular flexibility index (Phi) is 4.62. The highest BCUT2D eigenvalue weighted by Gasteiger charge is 2.31. The lowest BCUT2D eigenvalue weighted by molar-refractivity contribution is -0.432. The van der Waals surface area contributed by atoms with Crippen molar-refractivity contribution >= 4 is 5.82 Å². The van der Waals surface area contributed by atoms with Crippen LogP contribution in [0.5, 0.6) is 11.8 Å². The Morgan fingerprint density at radius 1 is 1.36 bits per heavy atom. The summed E-state index contributed by atoms with van der Waals surface area (Å²) in [5, 5.41) is 0. The number of hydrogen-bond acceptors (Lipinski definition) is 5. The van der Waals surface area contributed by atoms with Crippen molar-refractivity contribution in [1.29, 1.82) is 0 Å². The van der Waals surface area contributed by atoms with Crippen LogP contribution in [0.3, 0.4) is 0 Å². The molecular formula is C15H15F3N3O4+. The first-order valence-electron chi connectivity index (χ1n) is 7.37. The van der Waals surface area contributed by atoms with E-state index in [0.717, 1.165) is 0 Å². The molecule has 0 aliphatic carbocycles. The summed E-state index contributed by atoms with van der Waals surface area (Å²) in [4.78, 5) is 15.3. The number of rotatable bonds is 5. The third kappa shape index (κ3) is 4.47. The van der Waals surface area contributed by atoms with Gasteiger partial charge < -0.3 is 14.2 Å². The van der Waals surface area contributed by atoms with E-state index in [1.54, 1.807) is 10.8 Å². The number of nitrogens with zero attached hydrogens (tertiary/aromatic N) is 3. The summed E-state index contributed by atoms with van der Waals surface area (Å²) in [5.74, 6) is -0.0366. The van der Waals surface area contributed by atoms with Gasteiger partial charge in [-0.15, -0.1) is 13.2 Å². The zero-order chi connectivity index (χ0) is 18.0. The number of aromatic nitrogens is 2. The Bertz CT molecular complexity index is 758. The Hall–Kier alpha value is -2.62. The lowest BCUT2D eigenvalue weighted by Gasteiger charge is -2.22. The van der Waals surface area contributed by atoms with Crippen LogP contribution in [0.15, 0.2) is 30.5 Å². The third-order valence-corrected chi connectivity index (χ3v) is 3.49. The molecule has 0 radical (unpaired) electrons. The second-order valence-corrected chi connectivity index (χ2v) is 5.47. The predicted molar refractivity (Wildman–Crippen MR) is 78.6 cm³/mol. The molecule has 0 fully saturated rings. The first-order valence-corrected chi connectivity index (χ1v) is 7.37. The SMILES string of the molecule is C[N+](=O)c1cn2c(n1)OC[C@@H](OCc1ccc(OC(F)(F)F)cc1)C2. The van der Waals surface area contributed by atoms with Crippen LogP contribution in [-0.2, 0) is 17.9 Å². The number of nitroso groups, excluding NO2 is 1. The van der Waals surface area contributed by atoms with Gasteiger partial charge >= 0.3 is 18.2 Å². The lowest BCUT2D eigenvalue weighted by atomic mass is 10.2. The van der Waals surface area contributed by atoms with Gasteiger partial charge in [-0.3, -0.25) is 4.57 Å². The highest BCUT2D eigenvalue weighted by molar-refractivity contribution is 5.27. The average Bonchev–Trinajstić information content (AvgIpc) is 2.96. The topological polar surface area (TPSA) is 65.6 Å². The molecule has 2 aromatic rings. The first-order chi connectivity index (χ1) is 11.8. The zero-order valence-electron chi connectivity index (χ0n) is 13.2. The number of benzene rings is 1. The molecule has 134 valence electrons. The van der Waals surface area contributed by atoms with Crippen LogP contribution < -0.4 is 9.47 Å². The zero-order valence-corrected chi connectivity index (χ0v) is 13.2. The maximum Gasteiger partial charge on any atom is 0.573 e. The van der Waals surface area contributed by atoms with Gasteiger partial charge in [0.1, 0.15) is 31.7 Å². The standard InChI is InChI=1S/C15H15F3N3O4/c1-20(22)13-7-21-6-12(9-24-14(21)19-13)23-8-10-2-4-11(5-3-10)25-15(16,17)18/h2-5,7,12H,6,8-9H2,1H3/q+1/t12-/m0/s1. The highest BCUT2D eigenvalue weighted by atomic mass is 19.4. The molecule has 1 aromatic carbocycles. The van der Waals surface area contributed by atoms with Crippen LogP contribution in [0.4, 0.5) is 19.0 Å². The molecule has 7 nitrogen and oxygen atoms in total. The molecule has 1 aromatic heterocycles. The van der Waals surface area contributed by atoms with Gasteiger partial charge in [0.2, 0.25) is 0 Å². The van der Waals surface area contributed by atoms with Crippen LogP contribution in [-0.4, -0.2) is 40.4 Å². The number of hydrogen-bond donors (Lipinski definition) is 0. The van der Waals surface area contributed by atoms with E-state index in [2.05, 4.69) is 9.72 Å². The van der Waals surface area contributed by atoms with Crippen molar-refractivity contribution in [3.05, 3.63) is 40.9 Å². The van der Waals surface area contributed by atoms with Gasteiger partial charge in [0.05, 0.1) is 13.2 Å². The summed E-state index contributed by atoms with van der Waals surface area (Å²) in [6.07, 6.45) is -3.41. The predicted octanol–water partition coefficient (Wildman–Crippen LogP) is 2.80. The van der Waals surface area contributed by atoms with Crippen LogP contribution in [0, 0.1) is 4.91 Å². The van der Waals surface area contributed by atoms with Crippen LogP contribution in [0.25, 0.3) is 0 Å². The lowest BCUT2D eigenvalue weighted by Crippen LogP contribution is -2.32. The normalized spacial score (nSPS) is 16.9. The summed E-state index contributed by atoms with van der Waals surface area (Å²) in [5.41, 5.74) is 0.700. The van der Waals surface area contributed by atoms with Gasteiger partial charge in [-0.05, 0) is 22.5 Å². The van der Waals surface area contributed by atoms with Crippen molar-refractivity contribution in [2.45, 2.75) is 25.6 Å². The monoisotopic (exact) mass is 358 g/mol. The number of halogens is 3. The van der Waals surface area contributed by atoms with Crippen molar-refractivity contribution in [3.8, 4) is 11.8 Å². The molecule has 0 unspecified atom stereocenters. The Morgan fingerprint density at radius 2 is 2.08 bits per heavy atom. The molecule has 2 heterocycles. The van der Waals surface area contributed by atoms with E-state index in [0.29, 0.717) is 22.9 Å². The number of ether oxygens (including phenoxy) is 3. The number of imidazole rings is 1. The minimum atomic E-state index is -4.71. The Balaban J connectivity index is 1.54. The minimum Gasteiger partial charge on any atom is -0.443 e. The molecule has 3 rings (SSSR count). The molecule has 1 atom stereocenters. The summed E-state index contributed by atoms with van der Waals surface area (Å²) < 4.78 is 53.6. The van der Waals surface area contributed by atoms with E-state index in [1.165, 1.54) is 31.3 Å². The molecule has 0 amide bonds. The van der Waals surface area contributed by atoms with Gasteiger partial charge in [0, 0.05) is 4.98 Å². The maximum atomic E-state index is 12.1. The largest absolute Gasteiger partial charge is 0.573 e. The second kappa shape index (κ2) is 6.71. The van der Waals surface area contributed by atoms with Crippen LogP contribution in [0.2, 0.25) is 0 Å². The summed E-state index contributed by atoms with van der Waals surface area (Å²) >= 11 is 0. The highest BCUT2D eigenvalue weighted by Crippen LogP contribution is 2.24. The van der Waals surface area contributed by atoms with Crippen molar-refractivity contribution < 1.29 is 32.1 Å². The van der Waals surface area contributed by atoms with E-state index in [-0.39, 0.29) is 30.9 Å². The van der Waals surface area contributed by atoms with Gasteiger partial charge in [0.15, 0.2) is 0 Å². The third-order valence-electron chi connectivity index (χ3n) is 3.49. The van der Waals surface area contributed by atoms with E-state index in [9.17, 15) is 18.1 Å². The van der Waals surface area contributed by atoms with Crippen LogP contribution >= 0.6 is 0 Å². The fourth-order valence-corrected chi connectivity index (χ4v) is 2.33. The second-order valence-electron chi connectivity index (χ2n) is 5.47. The van der Waals surface area contributed by atoms with E-state index < -0.39 is 6.36 Å². The van der Waals surface area contributed by atoms with Gasteiger partial charge in [0.25, 0.3) is 0 Å². The fourth-order valence-electron chi connectivity index (χ4n) is 2.33. The van der Waals surface area contributed by atoms with Gasteiger partial charge in [-0.25, -0.2) is 0 Å². The molecule has 10 heteroatoms. The summed E-state index contributed by atoms with van der Waals surface area (Å²) in [6.45, 7) is 0.943. The molecule has 0 saturated carbocycles. The van der Waals surface area contributed by atoms with Crippen LogP contribution in [0.1, 0.15) is 5.56 Å². The summed E-state index contributed by atoms with van der Waals surface area (Å²) in [7, 11) is 1.34. The van der Waals surface area contributed by atoms with Crippen molar-refractivity contribution in [3.63, 3.8) is 0 Å². The number of alkyl halides is 3. The molecule has 0 bridgehead atoms. The molecule has 25 heavy (non-hydrogen) atoms. The van der Waals surface area contributed by atoms with Crippen molar-refractivity contribution in [1.82, 2.24) is 9.55 Å².